The Morgan fingerprint density at radius 2 is 1.76 bits per heavy atom. The summed E-state index contributed by atoms with van der Waals surface area (Å²) in [6, 6.07) is 11.3. The molecule has 0 saturated carbocycles. The summed E-state index contributed by atoms with van der Waals surface area (Å²) in [5.74, 6) is -3.76. The second-order valence-electron chi connectivity index (χ2n) is 5.13. The molecule has 0 unspecified atom stereocenters. The Morgan fingerprint density at radius 3 is 2.48 bits per heavy atom. The lowest BCUT2D eigenvalue weighted by molar-refractivity contribution is -0.131. The second kappa shape index (κ2) is 6.94. The average molecular weight is 404 g/mol. The summed E-state index contributed by atoms with van der Waals surface area (Å²) >= 11 is 3.31. The van der Waals surface area contributed by atoms with Crippen LogP contribution in [0.3, 0.4) is 0 Å². The van der Waals surface area contributed by atoms with Crippen molar-refractivity contribution in [3.8, 4) is 0 Å². The lowest BCUT2D eigenvalue weighted by Crippen LogP contribution is -2.58. The number of para-hydroxylation sites is 2. The largest absolute Gasteiger partial charge is 0.335 e. The number of carbonyl (C=O) groups excluding carboxylic acids is 3. The van der Waals surface area contributed by atoms with Crippen LogP contribution in [0.4, 0.5) is 20.6 Å². The topological polar surface area (TPSA) is 78.8 Å². The molecule has 126 valence electrons. The predicted octanol–water partition coefficient (Wildman–Crippen LogP) is 3.19. The van der Waals surface area contributed by atoms with Crippen molar-refractivity contribution in [1.29, 1.82) is 0 Å². The second-order valence-corrected chi connectivity index (χ2v) is 5.98. The molecule has 2 aromatic carbocycles. The van der Waals surface area contributed by atoms with Gasteiger partial charge in [-0.1, -0.05) is 24.3 Å². The number of hydrogen-bond acceptors (Lipinski definition) is 4. The summed E-state index contributed by atoms with van der Waals surface area (Å²) in [5, 5.41) is 2.04. The minimum atomic E-state index is -1.34. The fourth-order valence-corrected chi connectivity index (χ4v) is 2.68. The summed E-state index contributed by atoms with van der Waals surface area (Å²) in [6.07, 6.45) is 1.14. The Hall–Kier alpha value is -2.87. The van der Waals surface area contributed by atoms with Gasteiger partial charge in [0.2, 0.25) is 5.91 Å². The van der Waals surface area contributed by atoms with E-state index >= 15 is 0 Å². The summed E-state index contributed by atoms with van der Waals surface area (Å²) < 4.78 is 14.6. The highest BCUT2D eigenvalue weighted by Crippen LogP contribution is 2.26. The van der Waals surface area contributed by atoms with Crippen molar-refractivity contribution >= 4 is 51.4 Å². The number of urea groups is 1. The molecule has 0 bridgehead atoms. The molecule has 1 aliphatic heterocycles. The van der Waals surface area contributed by atoms with Crippen molar-refractivity contribution in [1.82, 2.24) is 5.32 Å². The number of hydrogen-bond donors (Lipinski definition) is 1. The third kappa shape index (κ3) is 3.34. The molecule has 0 aromatic heterocycles. The maximum absolute atomic E-state index is 14.0. The van der Waals surface area contributed by atoms with Crippen molar-refractivity contribution in [3.63, 3.8) is 0 Å². The third-order valence-corrected chi connectivity index (χ3v) is 4.18. The van der Waals surface area contributed by atoms with Crippen LogP contribution in [0.15, 0.2) is 58.0 Å². The standard InChI is InChI=1S/C17H11BrFN3O3/c18-11-5-1-3-7-13(11)20-9-10-15(23)21-17(25)22(16(10)24)14-8-4-2-6-12(14)19/h1-10H,(H,21,23,25)/t10-/m0/s1. The first-order chi connectivity index (χ1) is 12.0. The molecule has 1 atom stereocenters. The first-order valence-corrected chi connectivity index (χ1v) is 8.00. The van der Waals surface area contributed by atoms with E-state index in [1.807, 2.05) is 5.32 Å². The molecule has 0 spiro atoms. The molecule has 25 heavy (non-hydrogen) atoms. The molecule has 8 heteroatoms. The molecule has 6 nitrogen and oxygen atoms in total. The maximum Gasteiger partial charge on any atom is 0.335 e. The minimum Gasteiger partial charge on any atom is -0.276 e. The number of benzene rings is 2. The van der Waals surface area contributed by atoms with Gasteiger partial charge >= 0.3 is 6.03 Å². The molecule has 1 saturated heterocycles. The van der Waals surface area contributed by atoms with Crippen molar-refractivity contribution in [2.24, 2.45) is 10.9 Å². The Balaban J connectivity index is 1.94. The van der Waals surface area contributed by atoms with Gasteiger partial charge in [0.15, 0.2) is 5.92 Å². The lowest BCUT2D eigenvalue weighted by Gasteiger charge is -2.28. The first-order valence-electron chi connectivity index (χ1n) is 7.21. The zero-order valence-electron chi connectivity index (χ0n) is 12.6. The Labute approximate surface area is 150 Å². The normalized spacial score (nSPS) is 17.9. The third-order valence-electron chi connectivity index (χ3n) is 3.51. The Morgan fingerprint density at radius 1 is 1.08 bits per heavy atom. The molecule has 0 aliphatic carbocycles. The molecule has 0 radical (unpaired) electrons. The highest BCUT2D eigenvalue weighted by molar-refractivity contribution is 9.10. The molecular formula is C17H11BrFN3O3. The van der Waals surface area contributed by atoms with Crippen LogP contribution < -0.4 is 10.2 Å². The van der Waals surface area contributed by atoms with Crippen molar-refractivity contribution in [3.05, 3.63) is 58.8 Å². The van der Waals surface area contributed by atoms with Crippen LogP contribution in [0, 0.1) is 11.7 Å². The van der Waals surface area contributed by atoms with E-state index in [1.54, 1.807) is 24.3 Å². The van der Waals surface area contributed by atoms with E-state index in [9.17, 15) is 18.8 Å². The summed E-state index contributed by atoms with van der Waals surface area (Å²) in [6.45, 7) is 0. The molecule has 3 rings (SSSR count). The van der Waals surface area contributed by atoms with E-state index in [0.29, 0.717) is 15.1 Å². The molecule has 1 fully saturated rings. The van der Waals surface area contributed by atoms with Crippen LogP contribution >= 0.6 is 15.9 Å². The quantitative estimate of drug-likeness (QED) is 0.631. The van der Waals surface area contributed by atoms with Gasteiger partial charge in [-0.05, 0) is 40.2 Å². The fourth-order valence-electron chi connectivity index (χ4n) is 2.29. The van der Waals surface area contributed by atoms with Gasteiger partial charge in [-0.3, -0.25) is 19.9 Å². The van der Waals surface area contributed by atoms with Gasteiger partial charge in [0.05, 0.1) is 11.4 Å². The molecule has 2 aromatic rings. The number of barbiturate groups is 1. The number of imide groups is 2. The zero-order valence-corrected chi connectivity index (χ0v) is 14.2. The van der Waals surface area contributed by atoms with Crippen LogP contribution in [-0.4, -0.2) is 24.1 Å². The van der Waals surface area contributed by atoms with Crippen molar-refractivity contribution in [2.75, 3.05) is 4.90 Å². The first kappa shape index (κ1) is 17.0. The van der Waals surface area contributed by atoms with Crippen LogP contribution in [0.1, 0.15) is 0 Å². The smallest absolute Gasteiger partial charge is 0.276 e. The monoisotopic (exact) mass is 403 g/mol. The number of aliphatic imine (C=N–C) groups is 1. The number of nitrogens with one attached hydrogen (secondary N) is 1. The van der Waals surface area contributed by atoms with E-state index in [4.69, 9.17) is 0 Å². The number of halogens is 2. The van der Waals surface area contributed by atoms with Gasteiger partial charge in [-0.25, -0.2) is 14.1 Å². The van der Waals surface area contributed by atoms with Crippen molar-refractivity contribution in [2.45, 2.75) is 0 Å². The van der Waals surface area contributed by atoms with Gasteiger partial charge in [0.1, 0.15) is 5.82 Å². The number of anilines is 1. The number of carbonyl (C=O) groups is 3. The predicted molar refractivity (Wildman–Crippen MR) is 93.2 cm³/mol. The van der Waals surface area contributed by atoms with Crippen LogP contribution in [0.25, 0.3) is 0 Å². The SMILES string of the molecule is O=C1NC(=O)N(c2ccccc2F)C(=O)[C@H]1C=Nc1ccccc1Br. The number of amides is 4. The minimum absolute atomic E-state index is 0.225. The van der Waals surface area contributed by atoms with Gasteiger partial charge in [-0.15, -0.1) is 0 Å². The van der Waals surface area contributed by atoms with Gasteiger partial charge in [-0.2, -0.15) is 0 Å². The van der Waals surface area contributed by atoms with Gasteiger partial charge < -0.3 is 0 Å². The number of rotatable bonds is 3. The van der Waals surface area contributed by atoms with Gasteiger partial charge in [0, 0.05) is 10.7 Å². The summed E-state index contributed by atoms with van der Waals surface area (Å²) in [5.41, 5.74) is 0.286. The van der Waals surface area contributed by atoms with E-state index < -0.39 is 29.6 Å². The maximum atomic E-state index is 14.0. The van der Waals surface area contributed by atoms with Gasteiger partial charge in [0.25, 0.3) is 5.91 Å². The Bertz CT molecular complexity index is 900. The number of nitrogens with zero attached hydrogens (tertiary/aromatic N) is 2. The highest BCUT2D eigenvalue weighted by Gasteiger charge is 2.41. The summed E-state index contributed by atoms with van der Waals surface area (Å²) in [7, 11) is 0. The van der Waals surface area contributed by atoms with Crippen LogP contribution in [0.2, 0.25) is 0 Å². The molecule has 4 amide bonds. The van der Waals surface area contributed by atoms with Crippen molar-refractivity contribution < 1.29 is 18.8 Å². The van der Waals surface area contributed by atoms with Crippen LogP contribution in [0.5, 0.6) is 0 Å². The Kier molecular flexibility index (Phi) is 4.71. The van der Waals surface area contributed by atoms with E-state index in [1.165, 1.54) is 18.2 Å². The summed E-state index contributed by atoms with van der Waals surface area (Å²) in [4.78, 5) is 41.3. The fraction of sp³-hybridized carbons (Fsp3) is 0.0588. The van der Waals surface area contributed by atoms with Crippen LogP contribution in [-0.2, 0) is 9.59 Å². The molecule has 1 aliphatic rings. The molecular weight excluding hydrogens is 393 g/mol. The average Bonchev–Trinajstić information content (AvgIpc) is 2.57. The molecule has 1 N–H and O–H groups in total. The zero-order chi connectivity index (χ0) is 18.0. The van der Waals surface area contributed by atoms with E-state index in [0.717, 1.165) is 12.3 Å². The van der Waals surface area contributed by atoms with E-state index in [-0.39, 0.29) is 5.69 Å². The highest BCUT2D eigenvalue weighted by atomic mass is 79.9. The lowest BCUT2D eigenvalue weighted by atomic mass is 10.1. The molecule has 1 heterocycles. The van der Waals surface area contributed by atoms with E-state index in [2.05, 4.69) is 20.9 Å².